The molecule has 1 fully saturated rings. The number of piperazine rings is 1. The average Bonchev–Trinajstić information content (AvgIpc) is 2.85. The molecule has 3 rings (SSSR count). The third-order valence-corrected chi connectivity index (χ3v) is 4.10. The quantitative estimate of drug-likeness (QED) is 0.881. The first-order valence-corrected chi connectivity index (χ1v) is 7.49. The minimum Gasteiger partial charge on any atom is -0.397 e. The summed E-state index contributed by atoms with van der Waals surface area (Å²) in [5, 5.41) is 4.90. The maximum atomic E-state index is 6.06. The van der Waals surface area contributed by atoms with Gasteiger partial charge in [-0.3, -0.25) is 9.58 Å². The molecule has 0 unspecified atom stereocenters. The number of hydrogen-bond donors (Lipinski definition) is 1. The highest BCUT2D eigenvalue weighted by Crippen LogP contribution is 2.27. The smallest absolute Gasteiger partial charge is 0.0601 e. The fraction of sp³-hybridized carbons (Fsp3) is 0.400. The summed E-state index contributed by atoms with van der Waals surface area (Å²) in [5.74, 6) is 0. The molecule has 6 heteroatoms. The third kappa shape index (κ3) is 3.31. The van der Waals surface area contributed by atoms with Gasteiger partial charge in [0, 0.05) is 56.6 Å². The second-order valence-electron chi connectivity index (χ2n) is 5.49. The van der Waals surface area contributed by atoms with E-state index in [0.717, 1.165) is 44.1 Å². The minimum atomic E-state index is 0.687. The summed E-state index contributed by atoms with van der Waals surface area (Å²) >= 11 is 5.96. The van der Waals surface area contributed by atoms with Crippen LogP contribution in [0.1, 0.15) is 5.56 Å². The standard InChI is InChI=1S/C15H20ClN5/c1-19-10-12(9-18-19)11-20-4-6-21(7-5-20)15-3-2-13(16)8-14(15)17/h2-3,8-10H,4-7,11,17H2,1H3. The Hall–Kier alpha value is -1.72. The van der Waals surface area contributed by atoms with Crippen molar-refractivity contribution in [3.8, 4) is 0 Å². The predicted molar refractivity (Wildman–Crippen MR) is 86.6 cm³/mol. The lowest BCUT2D eigenvalue weighted by molar-refractivity contribution is 0.250. The Morgan fingerprint density at radius 2 is 2.00 bits per heavy atom. The topological polar surface area (TPSA) is 50.3 Å². The Labute approximate surface area is 129 Å². The zero-order chi connectivity index (χ0) is 14.8. The van der Waals surface area contributed by atoms with Crippen LogP contribution in [0.5, 0.6) is 0 Å². The van der Waals surface area contributed by atoms with Gasteiger partial charge in [-0.15, -0.1) is 0 Å². The molecule has 1 aliphatic heterocycles. The molecule has 0 spiro atoms. The van der Waals surface area contributed by atoms with Crippen molar-refractivity contribution in [2.45, 2.75) is 6.54 Å². The van der Waals surface area contributed by atoms with E-state index < -0.39 is 0 Å². The van der Waals surface area contributed by atoms with Crippen LogP contribution in [0.2, 0.25) is 5.02 Å². The van der Waals surface area contributed by atoms with Gasteiger partial charge in [0.1, 0.15) is 0 Å². The number of nitrogens with two attached hydrogens (primary N) is 1. The van der Waals surface area contributed by atoms with E-state index in [0.29, 0.717) is 5.02 Å². The molecular formula is C15H20ClN5. The monoisotopic (exact) mass is 305 g/mol. The van der Waals surface area contributed by atoms with E-state index >= 15 is 0 Å². The first-order chi connectivity index (χ1) is 10.1. The Balaban J connectivity index is 1.59. The van der Waals surface area contributed by atoms with Gasteiger partial charge in [-0.1, -0.05) is 11.6 Å². The third-order valence-electron chi connectivity index (χ3n) is 3.87. The van der Waals surface area contributed by atoms with Crippen LogP contribution in [0.15, 0.2) is 30.6 Å². The normalized spacial score (nSPS) is 16.4. The van der Waals surface area contributed by atoms with E-state index in [-0.39, 0.29) is 0 Å². The van der Waals surface area contributed by atoms with Crippen molar-refractivity contribution in [3.05, 3.63) is 41.2 Å². The van der Waals surface area contributed by atoms with Gasteiger partial charge in [0.05, 0.1) is 17.6 Å². The number of nitrogen functional groups attached to an aromatic ring is 1. The molecule has 0 bridgehead atoms. The molecule has 1 aromatic carbocycles. The minimum absolute atomic E-state index is 0.687. The highest BCUT2D eigenvalue weighted by Gasteiger charge is 2.19. The molecule has 2 heterocycles. The van der Waals surface area contributed by atoms with Crippen LogP contribution in [0.4, 0.5) is 11.4 Å². The second-order valence-corrected chi connectivity index (χ2v) is 5.93. The van der Waals surface area contributed by atoms with Crippen molar-refractivity contribution in [3.63, 3.8) is 0 Å². The number of aryl methyl sites for hydroxylation is 1. The van der Waals surface area contributed by atoms with E-state index in [2.05, 4.69) is 21.1 Å². The van der Waals surface area contributed by atoms with E-state index in [9.17, 15) is 0 Å². The number of hydrogen-bond acceptors (Lipinski definition) is 4. The highest BCUT2D eigenvalue weighted by molar-refractivity contribution is 6.31. The van der Waals surface area contributed by atoms with Gasteiger partial charge >= 0.3 is 0 Å². The molecule has 2 aromatic rings. The molecule has 1 saturated heterocycles. The molecule has 21 heavy (non-hydrogen) atoms. The van der Waals surface area contributed by atoms with Crippen LogP contribution in [0.25, 0.3) is 0 Å². The highest BCUT2D eigenvalue weighted by atomic mass is 35.5. The predicted octanol–water partition coefficient (Wildman–Crippen LogP) is 1.98. The van der Waals surface area contributed by atoms with E-state index in [1.807, 2.05) is 36.1 Å². The molecule has 5 nitrogen and oxygen atoms in total. The molecule has 2 N–H and O–H groups in total. The summed E-state index contributed by atoms with van der Waals surface area (Å²) in [6.07, 6.45) is 4.01. The summed E-state index contributed by atoms with van der Waals surface area (Å²) in [6.45, 7) is 4.96. The van der Waals surface area contributed by atoms with Gasteiger partial charge in [0.15, 0.2) is 0 Å². The SMILES string of the molecule is Cn1cc(CN2CCN(c3ccc(Cl)cc3N)CC2)cn1. The maximum Gasteiger partial charge on any atom is 0.0601 e. The number of benzene rings is 1. The summed E-state index contributed by atoms with van der Waals surface area (Å²) in [5.41, 5.74) is 9.16. The van der Waals surface area contributed by atoms with Gasteiger partial charge < -0.3 is 10.6 Å². The number of anilines is 2. The zero-order valence-electron chi connectivity index (χ0n) is 12.2. The zero-order valence-corrected chi connectivity index (χ0v) is 12.9. The summed E-state index contributed by atoms with van der Waals surface area (Å²) in [6, 6.07) is 5.72. The second kappa shape index (κ2) is 5.95. The van der Waals surface area contributed by atoms with Gasteiger partial charge in [0.25, 0.3) is 0 Å². The number of nitrogens with zero attached hydrogens (tertiary/aromatic N) is 4. The lowest BCUT2D eigenvalue weighted by Gasteiger charge is -2.36. The largest absolute Gasteiger partial charge is 0.397 e. The molecule has 0 amide bonds. The van der Waals surface area contributed by atoms with Gasteiger partial charge in [-0.25, -0.2) is 0 Å². The van der Waals surface area contributed by atoms with Crippen molar-refractivity contribution in [1.82, 2.24) is 14.7 Å². The molecule has 0 aliphatic carbocycles. The molecule has 0 atom stereocenters. The summed E-state index contributed by atoms with van der Waals surface area (Å²) in [4.78, 5) is 4.77. The molecule has 112 valence electrons. The Morgan fingerprint density at radius 1 is 1.24 bits per heavy atom. The summed E-state index contributed by atoms with van der Waals surface area (Å²) in [7, 11) is 1.95. The molecule has 1 aromatic heterocycles. The maximum absolute atomic E-state index is 6.06. The van der Waals surface area contributed by atoms with E-state index in [1.165, 1.54) is 5.56 Å². The van der Waals surface area contributed by atoms with Crippen molar-refractivity contribution in [1.29, 1.82) is 0 Å². The van der Waals surface area contributed by atoms with Crippen LogP contribution >= 0.6 is 11.6 Å². The first-order valence-electron chi connectivity index (χ1n) is 7.11. The molecule has 0 saturated carbocycles. The molecule has 0 radical (unpaired) electrons. The lowest BCUT2D eigenvalue weighted by atomic mass is 10.2. The number of rotatable bonds is 3. The van der Waals surface area contributed by atoms with E-state index in [1.54, 1.807) is 0 Å². The fourth-order valence-electron chi connectivity index (χ4n) is 2.77. The molecular weight excluding hydrogens is 286 g/mol. The fourth-order valence-corrected chi connectivity index (χ4v) is 2.95. The first kappa shape index (κ1) is 14.2. The van der Waals surface area contributed by atoms with Crippen LogP contribution in [0, 0.1) is 0 Å². The Bertz CT molecular complexity index is 616. The van der Waals surface area contributed by atoms with Gasteiger partial charge in [0.2, 0.25) is 0 Å². The van der Waals surface area contributed by atoms with Crippen molar-refractivity contribution in [2.75, 3.05) is 36.8 Å². The van der Waals surface area contributed by atoms with Crippen molar-refractivity contribution < 1.29 is 0 Å². The molecule has 1 aliphatic rings. The van der Waals surface area contributed by atoms with Crippen LogP contribution < -0.4 is 10.6 Å². The Morgan fingerprint density at radius 3 is 2.62 bits per heavy atom. The Kier molecular flexibility index (Phi) is 4.03. The van der Waals surface area contributed by atoms with Gasteiger partial charge in [-0.05, 0) is 18.2 Å². The van der Waals surface area contributed by atoms with Crippen LogP contribution in [-0.4, -0.2) is 40.9 Å². The van der Waals surface area contributed by atoms with Crippen LogP contribution in [0.3, 0.4) is 0 Å². The lowest BCUT2D eigenvalue weighted by Crippen LogP contribution is -2.46. The average molecular weight is 306 g/mol. The van der Waals surface area contributed by atoms with Crippen LogP contribution in [-0.2, 0) is 13.6 Å². The van der Waals surface area contributed by atoms with E-state index in [4.69, 9.17) is 17.3 Å². The van der Waals surface area contributed by atoms with Gasteiger partial charge in [-0.2, -0.15) is 5.10 Å². The number of halogens is 1. The summed E-state index contributed by atoms with van der Waals surface area (Å²) < 4.78 is 1.85. The van der Waals surface area contributed by atoms with Crippen molar-refractivity contribution in [2.24, 2.45) is 7.05 Å². The number of aromatic nitrogens is 2. The van der Waals surface area contributed by atoms with Crippen molar-refractivity contribution >= 4 is 23.0 Å².